The molecule has 14 heavy (non-hydrogen) atoms. The Labute approximate surface area is 87.3 Å². The molecule has 0 aliphatic carbocycles. The molecule has 0 aromatic heterocycles. The van der Waals surface area contributed by atoms with Gasteiger partial charge in [-0.3, -0.25) is 0 Å². The van der Waals surface area contributed by atoms with Gasteiger partial charge < -0.3 is 9.84 Å². The highest BCUT2D eigenvalue weighted by molar-refractivity contribution is 6.30. The largest absolute Gasteiger partial charge is 0.485 e. The van der Waals surface area contributed by atoms with Gasteiger partial charge in [-0.15, -0.1) is 0 Å². The molecule has 0 heterocycles. The van der Waals surface area contributed by atoms with Crippen molar-refractivity contribution in [1.29, 1.82) is 0 Å². The van der Waals surface area contributed by atoms with Crippen LogP contribution in [0.4, 0.5) is 4.39 Å². The number of aliphatic hydroxyl groups is 1. The predicted molar refractivity (Wildman–Crippen MR) is 53.2 cm³/mol. The van der Waals surface area contributed by atoms with E-state index in [0.717, 1.165) is 0 Å². The predicted octanol–water partition coefficient (Wildman–Crippen LogP) is 2.63. The summed E-state index contributed by atoms with van der Waals surface area (Å²) in [4.78, 5) is 0. The maximum Gasteiger partial charge on any atom is 0.166 e. The van der Waals surface area contributed by atoms with Gasteiger partial charge in [-0.25, -0.2) is 4.39 Å². The topological polar surface area (TPSA) is 29.5 Å². The second kappa shape index (κ2) is 4.62. The Kier molecular flexibility index (Phi) is 3.72. The average Bonchev–Trinajstić information content (AvgIpc) is 2.09. The van der Waals surface area contributed by atoms with Gasteiger partial charge in [-0.2, -0.15) is 0 Å². The van der Waals surface area contributed by atoms with E-state index in [-0.39, 0.29) is 5.75 Å². The molecule has 1 rings (SSSR count). The third-order valence-corrected chi connectivity index (χ3v) is 2.12. The summed E-state index contributed by atoms with van der Waals surface area (Å²) in [5.41, 5.74) is 0. The maximum absolute atomic E-state index is 13.2. The van der Waals surface area contributed by atoms with E-state index < -0.39 is 18.0 Å². The van der Waals surface area contributed by atoms with Gasteiger partial charge in [0.1, 0.15) is 6.10 Å². The van der Waals surface area contributed by atoms with E-state index in [1.54, 1.807) is 13.8 Å². The van der Waals surface area contributed by atoms with E-state index in [0.29, 0.717) is 5.02 Å². The summed E-state index contributed by atoms with van der Waals surface area (Å²) in [5, 5.41) is 9.47. The van der Waals surface area contributed by atoms with E-state index in [1.165, 1.54) is 18.2 Å². The zero-order valence-electron chi connectivity index (χ0n) is 8.00. The zero-order valence-corrected chi connectivity index (χ0v) is 8.75. The molecule has 0 radical (unpaired) electrons. The highest BCUT2D eigenvalue weighted by atomic mass is 35.5. The molecule has 1 aromatic rings. The Balaban J connectivity index is 2.77. The molecular formula is C10H12ClFO2. The number of benzene rings is 1. The molecule has 78 valence electrons. The zero-order chi connectivity index (χ0) is 10.7. The van der Waals surface area contributed by atoms with Gasteiger partial charge in [0.05, 0.1) is 6.10 Å². The van der Waals surface area contributed by atoms with Crippen LogP contribution in [0.5, 0.6) is 5.75 Å². The fourth-order valence-electron chi connectivity index (χ4n) is 0.870. The number of halogens is 2. The molecule has 0 fully saturated rings. The van der Waals surface area contributed by atoms with Crippen molar-refractivity contribution in [3.63, 3.8) is 0 Å². The van der Waals surface area contributed by atoms with Gasteiger partial charge in [-0.05, 0) is 32.0 Å². The molecule has 0 saturated heterocycles. The smallest absolute Gasteiger partial charge is 0.166 e. The second-order valence-corrected chi connectivity index (χ2v) is 3.57. The lowest BCUT2D eigenvalue weighted by Gasteiger charge is -2.17. The molecule has 0 saturated carbocycles. The van der Waals surface area contributed by atoms with Gasteiger partial charge in [0, 0.05) is 5.02 Å². The van der Waals surface area contributed by atoms with E-state index in [2.05, 4.69) is 0 Å². The normalized spacial score (nSPS) is 14.9. The minimum atomic E-state index is -0.648. The van der Waals surface area contributed by atoms with Crippen LogP contribution in [-0.4, -0.2) is 17.3 Å². The Morgan fingerprint density at radius 2 is 2.07 bits per heavy atom. The summed E-state index contributed by atoms with van der Waals surface area (Å²) in [7, 11) is 0. The van der Waals surface area contributed by atoms with Crippen molar-refractivity contribution in [1.82, 2.24) is 0 Å². The Hall–Kier alpha value is -0.800. The highest BCUT2D eigenvalue weighted by Crippen LogP contribution is 2.22. The number of ether oxygens (including phenoxy) is 1. The second-order valence-electron chi connectivity index (χ2n) is 3.14. The lowest BCUT2D eigenvalue weighted by atomic mass is 10.2. The van der Waals surface area contributed by atoms with Crippen molar-refractivity contribution in [2.24, 2.45) is 0 Å². The monoisotopic (exact) mass is 218 g/mol. The van der Waals surface area contributed by atoms with Gasteiger partial charge in [0.15, 0.2) is 11.6 Å². The molecule has 1 N–H and O–H groups in total. The number of hydrogen-bond acceptors (Lipinski definition) is 2. The molecule has 2 atom stereocenters. The minimum absolute atomic E-state index is 0.0998. The Morgan fingerprint density at radius 3 is 2.57 bits per heavy atom. The van der Waals surface area contributed by atoms with Crippen molar-refractivity contribution in [2.75, 3.05) is 0 Å². The van der Waals surface area contributed by atoms with Crippen LogP contribution in [0.25, 0.3) is 0 Å². The van der Waals surface area contributed by atoms with Crippen LogP contribution < -0.4 is 4.74 Å². The van der Waals surface area contributed by atoms with Crippen LogP contribution in [0.15, 0.2) is 18.2 Å². The SMILES string of the molecule is CC(O)C(C)Oc1ccc(Cl)cc1F. The average molecular weight is 219 g/mol. The van der Waals surface area contributed by atoms with Crippen molar-refractivity contribution in [2.45, 2.75) is 26.1 Å². The molecule has 0 spiro atoms. The molecule has 1 aromatic carbocycles. The molecule has 0 amide bonds. The summed E-state index contributed by atoms with van der Waals surface area (Å²) in [6.07, 6.45) is -1.10. The van der Waals surface area contributed by atoms with Gasteiger partial charge in [0.25, 0.3) is 0 Å². The number of rotatable bonds is 3. The van der Waals surface area contributed by atoms with Crippen molar-refractivity contribution in [3.8, 4) is 5.75 Å². The quantitative estimate of drug-likeness (QED) is 0.845. The third-order valence-electron chi connectivity index (χ3n) is 1.89. The maximum atomic E-state index is 13.2. The van der Waals surface area contributed by atoms with Gasteiger partial charge in [-0.1, -0.05) is 11.6 Å². The number of aliphatic hydroxyl groups excluding tert-OH is 1. The third kappa shape index (κ3) is 2.86. The lowest BCUT2D eigenvalue weighted by molar-refractivity contribution is 0.0579. The van der Waals surface area contributed by atoms with Crippen LogP contribution in [-0.2, 0) is 0 Å². The summed E-state index contributed by atoms with van der Waals surface area (Å²) in [6, 6.07) is 4.15. The Morgan fingerprint density at radius 1 is 1.43 bits per heavy atom. The molecule has 4 heteroatoms. The first-order valence-electron chi connectivity index (χ1n) is 4.30. The molecule has 0 bridgehead atoms. The van der Waals surface area contributed by atoms with Gasteiger partial charge >= 0.3 is 0 Å². The van der Waals surface area contributed by atoms with Crippen molar-refractivity contribution < 1.29 is 14.2 Å². The van der Waals surface area contributed by atoms with E-state index in [9.17, 15) is 4.39 Å². The van der Waals surface area contributed by atoms with Crippen molar-refractivity contribution >= 4 is 11.6 Å². The molecule has 0 aliphatic rings. The molecular weight excluding hydrogens is 207 g/mol. The molecule has 2 unspecified atom stereocenters. The van der Waals surface area contributed by atoms with Gasteiger partial charge in [0.2, 0.25) is 0 Å². The fourth-order valence-corrected chi connectivity index (χ4v) is 1.03. The van der Waals surface area contributed by atoms with E-state index >= 15 is 0 Å². The van der Waals surface area contributed by atoms with Crippen LogP contribution in [0.2, 0.25) is 5.02 Å². The fraction of sp³-hybridized carbons (Fsp3) is 0.400. The standard InChI is InChI=1S/C10H12ClFO2/c1-6(13)7(2)14-10-4-3-8(11)5-9(10)12/h3-7,13H,1-2H3. The van der Waals surface area contributed by atoms with Crippen LogP contribution >= 0.6 is 11.6 Å². The van der Waals surface area contributed by atoms with Crippen molar-refractivity contribution in [3.05, 3.63) is 29.0 Å². The summed E-state index contributed by atoms with van der Waals surface area (Å²) in [5.74, 6) is -0.423. The molecule has 2 nitrogen and oxygen atoms in total. The lowest BCUT2D eigenvalue weighted by Crippen LogP contribution is -2.25. The van der Waals surface area contributed by atoms with E-state index in [1.807, 2.05) is 0 Å². The summed E-state index contributed by atoms with van der Waals surface area (Å²) in [6.45, 7) is 3.25. The minimum Gasteiger partial charge on any atom is -0.485 e. The van der Waals surface area contributed by atoms with E-state index in [4.69, 9.17) is 21.4 Å². The summed E-state index contributed by atoms with van der Waals surface area (Å²) < 4.78 is 18.4. The number of hydrogen-bond donors (Lipinski definition) is 1. The van der Waals surface area contributed by atoms with Crippen LogP contribution in [0, 0.1) is 5.82 Å². The summed E-state index contributed by atoms with van der Waals surface area (Å²) >= 11 is 5.57. The van der Waals surface area contributed by atoms with Crippen LogP contribution in [0.1, 0.15) is 13.8 Å². The first-order chi connectivity index (χ1) is 6.50. The first-order valence-corrected chi connectivity index (χ1v) is 4.68. The van der Waals surface area contributed by atoms with Crippen LogP contribution in [0.3, 0.4) is 0 Å². The Bertz CT molecular complexity index is 315. The molecule has 0 aliphatic heterocycles. The highest BCUT2D eigenvalue weighted by Gasteiger charge is 2.12. The first kappa shape index (κ1) is 11.3.